The van der Waals surface area contributed by atoms with Crippen LogP contribution >= 0.6 is 11.6 Å². The van der Waals surface area contributed by atoms with Crippen molar-refractivity contribution in [3.8, 4) is 0 Å². The number of likely N-dealkylation sites (tertiary alicyclic amines) is 1. The largest absolute Gasteiger partial charge is 0.391 e. The number of aromatic nitrogens is 3. The van der Waals surface area contributed by atoms with E-state index >= 15 is 0 Å². The van der Waals surface area contributed by atoms with Gasteiger partial charge in [-0.05, 0) is 26.0 Å². The molecule has 1 aliphatic heterocycles. The average Bonchev–Trinajstić information content (AvgIpc) is 3.25. The number of β-amino-alcohol motifs (C(OH)–C–C–N with tert-alkyl or cyclic N) is 1. The highest BCUT2D eigenvalue weighted by atomic mass is 35.5. The van der Waals surface area contributed by atoms with Crippen LogP contribution in [-0.2, 0) is 6.42 Å². The zero-order valence-corrected chi connectivity index (χ0v) is 15.3. The fraction of sp³-hybridized carbons (Fsp3) is 0.389. The molecule has 0 aliphatic carbocycles. The summed E-state index contributed by atoms with van der Waals surface area (Å²) in [4.78, 5) is 19.2. The summed E-state index contributed by atoms with van der Waals surface area (Å²) in [7, 11) is 0. The molecule has 0 bridgehead atoms. The second-order valence-electron chi connectivity index (χ2n) is 6.80. The third-order valence-corrected chi connectivity index (χ3v) is 5.02. The number of carbonyl (C=O) groups excluding carboxylic acids is 1. The monoisotopic (exact) mass is 374 g/mol. The van der Waals surface area contributed by atoms with Crippen LogP contribution in [0.4, 0.5) is 0 Å². The van der Waals surface area contributed by atoms with Crippen LogP contribution in [0.5, 0.6) is 0 Å². The highest BCUT2D eigenvalue weighted by Gasteiger charge is 2.36. The maximum atomic E-state index is 13.1. The maximum Gasteiger partial charge on any atom is 0.272 e. The molecule has 0 spiro atoms. The van der Waals surface area contributed by atoms with Gasteiger partial charge < -0.3 is 14.5 Å². The van der Waals surface area contributed by atoms with Crippen LogP contribution in [0.15, 0.2) is 28.9 Å². The average molecular weight is 375 g/mol. The summed E-state index contributed by atoms with van der Waals surface area (Å²) in [5, 5.41) is 14.8. The molecule has 26 heavy (non-hydrogen) atoms. The number of hydrogen-bond donors (Lipinski definition) is 1. The van der Waals surface area contributed by atoms with Crippen molar-refractivity contribution in [2.24, 2.45) is 5.92 Å². The van der Waals surface area contributed by atoms with E-state index in [2.05, 4.69) is 10.1 Å². The first-order valence-corrected chi connectivity index (χ1v) is 8.84. The second-order valence-corrected chi connectivity index (χ2v) is 7.23. The molecule has 3 aromatic heterocycles. The Balaban J connectivity index is 1.57. The van der Waals surface area contributed by atoms with E-state index in [0.717, 1.165) is 11.5 Å². The van der Waals surface area contributed by atoms with E-state index in [9.17, 15) is 9.90 Å². The van der Waals surface area contributed by atoms with Crippen LogP contribution in [-0.4, -0.2) is 49.6 Å². The number of halogens is 1. The minimum Gasteiger partial charge on any atom is -0.391 e. The van der Waals surface area contributed by atoms with Gasteiger partial charge in [0, 0.05) is 37.7 Å². The minimum absolute atomic E-state index is 0.0885. The van der Waals surface area contributed by atoms with Crippen molar-refractivity contribution in [3.63, 3.8) is 0 Å². The van der Waals surface area contributed by atoms with Crippen molar-refractivity contribution >= 4 is 23.2 Å². The molecule has 0 radical (unpaired) electrons. The molecule has 8 heteroatoms. The van der Waals surface area contributed by atoms with Gasteiger partial charge in [0.2, 0.25) is 0 Å². The summed E-state index contributed by atoms with van der Waals surface area (Å²) in [6, 6.07) is 5.38. The normalized spacial score (nSPS) is 20.2. The van der Waals surface area contributed by atoms with E-state index in [4.69, 9.17) is 16.1 Å². The topological polar surface area (TPSA) is 83.9 Å². The van der Waals surface area contributed by atoms with Gasteiger partial charge in [0.15, 0.2) is 0 Å². The maximum absolute atomic E-state index is 13.1. The van der Waals surface area contributed by atoms with E-state index in [1.165, 1.54) is 0 Å². The molecule has 1 saturated heterocycles. The van der Waals surface area contributed by atoms with Gasteiger partial charge >= 0.3 is 0 Å². The molecule has 3 aromatic rings. The Morgan fingerprint density at radius 1 is 1.38 bits per heavy atom. The highest BCUT2D eigenvalue weighted by molar-refractivity contribution is 6.30. The molecule has 1 aliphatic rings. The number of carbonyl (C=O) groups is 1. The molecule has 1 amide bonds. The molecule has 0 unspecified atom stereocenters. The summed E-state index contributed by atoms with van der Waals surface area (Å²) >= 11 is 6.07. The van der Waals surface area contributed by atoms with Gasteiger partial charge in [-0.25, -0.2) is 4.98 Å². The molecule has 2 atom stereocenters. The van der Waals surface area contributed by atoms with Crippen LogP contribution in [0.25, 0.3) is 5.65 Å². The first-order valence-electron chi connectivity index (χ1n) is 8.46. The number of pyridine rings is 1. The fourth-order valence-corrected chi connectivity index (χ4v) is 3.70. The van der Waals surface area contributed by atoms with E-state index in [1.54, 1.807) is 34.6 Å². The minimum atomic E-state index is -0.604. The van der Waals surface area contributed by atoms with Gasteiger partial charge in [-0.15, -0.1) is 0 Å². The number of nitrogens with zero attached hydrogens (tertiary/aromatic N) is 4. The molecule has 136 valence electrons. The predicted octanol–water partition coefficient (Wildman–Crippen LogP) is 2.27. The fourth-order valence-electron chi connectivity index (χ4n) is 3.54. The van der Waals surface area contributed by atoms with Crippen molar-refractivity contribution in [2.45, 2.75) is 26.4 Å². The Morgan fingerprint density at radius 2 is 2.19 bits per heavy atom. The SMILES string of the molecule is Cc1cc(C[C@@H]2CN(C(=O)c3c(C)nc4ccc(Cl)cn34)C[C@@H]2O)on1. The molecule has 1 N–H and O–H groups in total. The van der Waals surface area contributed by atoms with Crippen LogP contribution in [0.1, 0.15) is 27.6 Å². The Labute approximate surface area is 155 Å². The molecular formula is C18H19ClN4O3. The zero-order chi connectivity index (χ0) is 18.4. The summed E-state index contributed by atoms with van der Waals surface area (Å²) < 4.78 is 6.95. The number of aliphatic hydroxyl groups is 1. The van der Waals surface area contributed by atoms with Crippen LogP contribution in [0.2, 0.25) is 5.02 Å². The summed E-state index contributed by atoms with van der Waals surface area (Å²) in [5.41, 5.74) is 2.59. The van der Waals surface area contributed by atoms with E-state index in [0.29, 0.717) is 35.0 Å². The lowest BCUT2D eigenvalue weighted by molar-refractivity contribution is 0.0757. The van der Waals surface area contributed by atoms with Crippen LogP contribution < -0.4 is 0 Å². The second kappa shape index (κ2) is 6.41. The van der Waals surface area contributed by atoms with Crippen LogP contribution in [0, 0.1) is 19.8 Å². The number of rotatable bonds is 3. The predicted molar refractivity (Wildman–Crippen MR) is 95.3 cm³/mol. The quantitative estimate of drug-likeness (QED) is 0.760. The Morgan fingerprint density at radius 3 is 2.92 bits per heavy atom. The van der Waals surface area contributed by atoms with Gasteiger partial charge in [0.05, 0.1) is 22.5 Å². The molecule has 4 heterocycles. The summed E-state index contributed by atoms with van der Waals surface area (Å²) in [6.45, 7) is 4.39. The van der Waals surface area contributed by atoms with Gasteiger partial charge in [-0.3, -0.25) is 9.20 Å². The number of amides is 1. The number of aryl methyl sites for hydroxylation is 2. The van der Waals surface area contributed by atoms with Gasteiger partial charge in [0.25, 0.3) is 5.91 Å². The van der Waals surface area contributed by atoms with Gasteiger partial charge in [-0.1, -0.05) is 16.8 Å². The number of fused-ring (bicyclic) bond motifs is 1. The number of hydrogen-bond acceptors (Lipinski definition) is 5. The Bertz CT molecular complexity index is 980. The lowest BCUT2D eigenvalue weighted by Crippen LogP contribution is -2.31. The van der Waals surface area contributed by atoms with Gasteiger partial charge in [-0.2, -0.15) is 0 Å². The van der Waals surface area contributed by atoms with Crippen molar-refractivity contribution in [3.05, 3.63) is 52.3 Å². The molecule has 1 fully saturated rings. The smallest absolute Gasteiger partial charge is 0.272 e. The summed E-state index contributed by atoms with van der Waals surface area (Å²) in [6.07, 6.45) is 1.63. The van der Waals surface area contributed by atoms with Crippen LogP contribution in [0.3, 0.4) is 0 Å². The summed E-state index contributed by atoms with van der Waals surface area (Å²) in [5.74, 6) is 0.473. The van der Waals surface area contributed by atoms with E-state index < -0.39 is 6.10 Å². The zero-order valence-electron chi connectivity index (χ0n) is 14.5. The third-order valence-electron chi connectivity index (χ3n) is 4.79. The first-order chi connectivity index (χ1) is 12.4. The third kappa shape index (κ3) is 2.97. The molecule has 7 nitrogen and oxygen atoms in total. The van der Waals surface area contributed by atoms with Crippen molar-refractivity contribution in [1.29, 1.82) is 0 Å². The van der Waals surface area contributed by atoms with E-state index in [-0.39, 0.29) is 18.4 Å². The van der Waals surface area contributed by atoms with Crippen molar-refractivity contribution in [1.82, 2.24) is 19.4 Å². The van der Waals surface area contributed by atoms with Crippen molar-refractivity contribution < 1.29 is 14.4 Å². The standard InChI is InChI=1S/C18H19ClN4O3/c1-10-5-14(26-21-10)6-12-7-22(9-15(12)24)18(25)17-11(2)20-16-4-3-13(19)8-23(16)17/h3-5,8,12,15,24H,6-7,9H2,1-2H3/t12-,15+/m1/s1. The molecule has 4 rings (SSSR count). The van der Waals surface area contributed by atoms with Gasteiger partial charge in [0.1, 0.15) is 17.1 Å². The lowest BCUT2D eigenvalue weighted by Gasteiger charge is -2.16. The Hall–Kier alpha value is -2.38. The highest BCUT2D eigenvalue weighted by Crippen LogP contribution is 2.25. The van der Waals surface area contributed by atoms with E-state index in [1.807, 2.05) is 13.0 Å². The number of imidazole rings is 1. The lowest BCUT2D eigenvalue weighted by atomic mass is 10.0. The molecular weight excluding hydrogens is 356 g/mol. The molecule has 0 aromatic carbocycles. The Kier molecular flexibility index (Phi) is 4.20. The number of aliphatic hydroxyl groups excluding tert-OH is 1. The van der Waals surface area contributed by atoms with Crippen molar-refractivity contribution in [2.75, 3.05) is 13.1 Å². The molecule has 0 saturated carbocycles. The first kappa shape index (κ1) is 17.1.